The SMILES string of the molecule is CCSc1ccc(C2CCNC2)cc1. The van der Waals surface area contributed by atoms with Crippen LogP contribution in [0.25, 0.3) is 0 Å². The first-order valence-corrected chi connectivity index (χ1v) is 6.32. The van der Waals surface area contributed by atoms with Gasteiger partial charge in [0.15, 0.2) is 0 Å². The van der Waals surface area contributed by atoms with E-state index in [9.17, 15) is 0 Å². The monoisotopic (exact) mass is 207 g/mol. The second kappa shape index (κ2) is 4.85. The van der Waals surface area contributed by atoms with Crippen LogP contribution in [-0.4, -0.2) is 18.8 Å². The highest BCUT2D eigenvalue weighted by Gasteiger charge is 2.15. The van der Waals surface area contributed by atoms with E-state index >= 15 is 0 Å². The summed E-state index contributed by atoms with van der Waals surface area (Å²) in [6.07, 6.45) is 1.29. The molecule has 76 valence electrons. The van der Waals surface area contributed by atoms with Crippen LogP contribution >= 0.6 is 11.8 Å². The van der Waals surface area contributed by atoms with Crippen molar-refractivity contribution in [3.63, 3.8) is 0 Å². The average Bonchev–Trinajstić information content (AvgIpc) is 2.72. The smallest absolute Gasteiger partial charge is 0.00720 e. The predicted octanol–water partition coefficient (Wildman–Crippen LogP) is 2.88. The standard InChI is InChI=1S/C12H17NS/c1-2-14-12-5-3-10(4-6-12)11-7-8-13-9-11/h3-6,11,13H,2,7-9H2,1H3. The van der Waals surface area contributed by atoms with Crippen LogP contribution in [0.15, 0.2) is 29.2 Å². The molecular formula is C12H17NS. The van der Waals surface area contributed by atoms with Gasteiger partial charge in [0.1, 0.15) is 0 Å². The van der Waals surface area contributed by atoms with Crippen LogP contribution in [0.5, 0.6) is 0 Å². The van der Waals surface area contributed by atoms with Crippen molar-refractivity contribution in [1.29, 1.82) is 0 Å². The van der Waals surface area contributed by atoms with Crippen molar-refractivity contribution >= 4 is 11.8 Å². The summed E-state index contributed by atoms with van der Waals surface area (Å²) in [4.78, 5) is 1.39. The molecule has 1 aromatic carbocycles. The third-order valence-electron chi connectivity index (χ3n) is 2.72. The van der Waals surface area contributed by atoms with E-state index in [0.29, 0.717) is 0 Å². The van der Waals surface area contributed by atoms with Crippen LogP contribution in [0, 0.1) is 0 Å². The number of benzene rings is 1. The number of rotatable bonds is 3. The molecule has 0 amide bonds. The summed E-state index contributed by atoms with van der Waals surface area (Å²) in [5.41, 5.74) is 1.50. The van der Waals surface area contributed by atoms with Gasteiger partial charge in [0.05, 0.1) is 0 Å². The second-order valence-electron chi connectivity index (χ2n) is 3.69. The molecule has 1 unspecified atom stereocenters. The van der Waals surface area contributed by atoms with Crippen molar-refractivity contribution in [3.05, 3.63) is 29.8 Å². The molecule has 1 aromatic rings. The van der Waals surface area contributed by atoms with E-state index in [4.69, 9.17) is 0 Å². The molecule has 1 atom stereocenters. The molecule has 0 spiro atoms. The van der Waals surface area contributed by atoms with Crippen molar-refractivity contribution in [1.82, 2.24) is 5.32 Å². The molecule has 1 aliphatic rings. The lowest BCUT2D eigenvalue weighted by Crippen LogP contribution is -2.07. The lowest BCUT2D eigenvalue weighted by atomic mass is 9.99. The molecule has 1 fully saturated rings. The third kappa shape index (κ3) is 2.31. The minimum Gasteiger partial charge on any atom is -0.316 e. The van der Waals surface area contributed by atoms with Crippen LogP contribution in [0.3, 0.4) is 0 Å². The maximum atomic E-state index is 3.41. The van der Waals surface area contributed by atoms with Gasteiger partial charge in [-0.05, 0) is 42.3 Å². The van der Waals surface area contributed by atoms with Crippen molar-refractivity contribution in [3.8, 4) is 0 Å². The third-order valence-corrected chi connectivity index (χ3v) is 3.62. The van der Waals surface area contributed by atoms with Crippen LogP contribution in [0.1, 0.15) is 24.8 Å². The molecule has 0 aliphatic carbocycles. The summed E-state index contributed by atoms with van der Waals surface area (Å²) in [5, 5.41) is 3.41. The van der Waals surface area contributed by atoms with Gasteiger partial charge in [-0.1, -0.05) is 19.1 Å². The van der Waals surface area contributed by atoms with Crippen molar-refractivity contribution in [2.75, 3.05) is 18.8 Å². The number of hydrogen-bond acceptors (Lipinski definition) is 2. The molecule has 0 saturated carbocycles. The zero-order chi connectivity index (χ0) is 9.80. The van der Waals surface area contributed by atoms with E-state index in [1.807, 2.05) is 11.8 Å². The largest absolute Gasteiger partial charge is 0.316 e. The van der Waals surface area contributed by atoms with Crippen molar-refractivity contribution in [2.45, 2.75) is 24.2 Å². The fourth-order valence-corrected chi connectivity index (χ4v) is 2.60. The summed E-state index contributed by atoms with van der Waals surface area (Å²) in [6.45, 7) is 4.52. The van der Waals surface area contributed by atoms with E-state index in [1.54, 1.807) is 0 Å². The van der Waals surface area contributed by atoms with E-state index in [1.165, 1.54) is 23.4 Å². The topological polar surface area (TPSA) is 12.0 Å². The van der Waals surface area contributed by atoms with Gasteiger partial charge >= 0.3 is 0 Å². The molecule has 0 aromatic heterocycles. The highest BCUT2D eigenvalue weighted by molar-refractivity contribution is 7.99. The minimum absolute atomic E-state index is 0.746. The molecule has 1 N–H and O–H groups in total. The van der Waals surface area contributed by atoms with Crippen LogP contribution < -0.4 is 5.32 Å². The fraction of sp³-hybridized carbons (Fsp3) is 0.500. The van der Waals surface area contributed by atoms with Gasteiger partial charge in [-0.2, -0.15) is 0 Å². The van der Waals surface area contributed by atoms with Crippen LogP contribution in [0.2, 0.25) is 0 Å². The summed E-state index contributed by atoms with van der Waals surface area (Å²) < 4.78 is 0. The molecule has 1 saturated heterocycles. The van der Waals surface area contributed by atoms with Gasteiger partial charge in [-0.15, -0.1) is 11.8 Å². The Hall–Kier alpha value is -0.470. The number of nitrogens with one attached hydrogen (secondary N) is 1. The van der Waals surface area contributed by atoms with Crippen molar-refractivity contribution < 1.29 is 0 Å². The zero-order valence-corrected chi connectivity index (χ0v) is 9.44. The minimum atomic E-state index is 0.746. The molecule has 0 radical (unpaired) electrons. The molecule has 2 rings (SSSR count). The van der Waals surface area contributed by atoms with E-state index < -0.39 is 0 Å². The molecule has 2 heteroatoms. The van der Waals surface area contributed by atoms with Crippen LogP contribution in [0.4, 0.5) is 0 Å². The number of hydrogen-bond donors (Lipinski definition) is 1. The Balaban J connectivity index is 2.05. The molecule has 1 aliphatic heterocycles. The Bertz CT molecular complexity index is 275. The lowest BCUT2D eigenvalue weighted by Gasteiger charge is -2.08. The normalized spacial score (nSPS) is 21.4. The highest BCUT2D eigenvalue weighted by Crippen LogP contribution is 2.25. The van der Waals surface area contributed by atoms with Gasteiger partial charge in [-0.25, -0.2) is 0 Å². The predicted molar refractivity (Wildman–Crippen MR) is 63.1 cm³/mol. The maximum Gasteiger partial charge on any atom is 0.00720 e. The summed E-state index contributed by atoms with van der Waals surface area (Å²) in [5.74, 6) is 1.90. The summed E-state index contributed by atoms with van der Waals surface area (Å²) in [6, 6.07) is 9.08. The average molecular weight is 207 g/mol. The Morgan fingerprint density at radius 1 is 1.36 bits per heavy atom. The van der Waals surface area contributed by atoms with Crippen LogP contribution in [-0.2, 0) is 0 Å². The number of thioether (sulfide) groups is 1. The zero-order valence-electron chi connectivity index (χ0n) is 8.62. The second-order valence-corrected chi connectivity index (χ2v) is 5.03. The molecule has 0 bridgehead atoms. The fourth-order valence-electron chi connectivity index (χ4n) is 1.94. The summed E-state index contributed by atoms with van der Waals surface area (Å²) >= 11 is 1.91. The van der Waals surface area contributed by atoms with Crippen molar-refractivity contribution in [2.24, 2.45) is 0 Å². The Morgan fingerprint density at radius 2 is 2.14 bits per heavy atom. The van der Waals surface area contributed by atoms with Gasteiger partial charge in [0, 0.05) is 11.4 Å². The molecular weight excluding hydrogens is 190 g/mol. The molecule has 1 nitrogen and oxygen atoms in total. The first kappa shape index (κ1) is 10.1. The highest BCUT2D eigenvalue weighted by atomic mass is 32.2. The van der Waals surface area contributed by atoms with E-state index in [-0.39, 0.29) is 0 Å². The van der Waals surface area contributed by atoms with E-state index in [0.717, 1.165) is 18.2 Å². The Labute approximate surface area is 90.3 Å². The summed E-state index contributed by atoms with van der Waals surface area (Å²) in [7, 11) is 0. The molecule has 14 heavy (non-hydrogen) atoms. The lowest BCUT2D eigenvalue weighted by molar-refractivity contribution is 0.762. The maximum absolute atomic E-state index is 3.41. The quantitative estimate of drug-likeness (QED) is 0.765. The van der Waals surface area contributed by atoms with Gasteiger partial charge < -0.3 is 5.32 Å². The van der Waals surface area contributed by atoms with E-state index in [2.05, 4.69) is 36.5 Å². The van der Waals surface area contributed by atoms with Gasteiger partial charge in [-0.3, -0.25) is 0 Å². The first-order chi connectivity index (χ1) is 6.90. The Kier molecular flexibility index (Phi) is 3.49. The Morgan fingerprint density at radius 3 is 2.71 bits per heavy atom. The van der Waals surface area contributed by atoms with Gasteiger partial charge in [0.25, 0.3) is 0 Å². The van der Waals surface area contributed by atoms with Gasteiger partial charge in [0.2, 0.25) is 0 Å². The first-order valence-electron chi connectivity index (χ1n) is 5.33. The molecule has 1 heterocycles.